The summed E-state index contributed by atoms with van der Waals surface area (Å²) in [5, 5.41) is 7.45. The highest BCUT2D eigenvalue weighted by Crippen LogP contribution is 1.86. The summed E-state index contributed by atoms with van der Waals surface area (Å²) in [6.45, 7) is 6.06. The second kappa shape index (κ2) is 5.70. The first-order valence-electron chi connectivity index (χ1n) is 3.47. The molecule has 0 aromatic heterocycles. The van der Waals surface area contributed by atoms with Crippen LogP contribution in [0, 0.1) is 0 Å². The van der Waals surface area contributed by atoms with E-state index in [0.717, 1.165) is 11.4 Å². The molecule has 0 N–H and O–H groups in total. The highest BCUT2D eigenvalue weighted by atomic mass is 16.6. The Morgan fingerprint density at radius 1 is 1.18 bits per heavy atom. The molecule has 0 aromatic carbocycles. The van der Waals surface area contributed by atoms with Crippen LogP contribution in [0.2, 0.25) is 0 Å². The van der Waals surface area contributed by atoms with Gasteiger partial charge in [-0.2, -0.15) is 0 Å². The smallest absolute Gasteiger partial charge is 0.114 e. The van der Waals surface area contributed by atoms with Crippen LogP contribution in [0.25, 0.3) is 0 Å². The summed E-state index contributed by atoms with van der Waals surface area (Å²) in [5.74, 6) is 0. The minimum absolute atomic E-state index is 0.567. The van der Waals surface area contributed by atoms with Crippen molar-refractivity contribution in [2.45, 2.75) is 20.8 Å². The van der Waals surface area contributed by atoms with Crippen LogP contribution in [0.3, 0.4) is 0 Å². The Labute approximate surface area is 66.9 Å². The van der Waals surface area contributed by atoms with Crippen molar-refractivity contribution in [3.05, 3.63) is 0 Å². The third kappa shape index (κ3) is 4.36. The molecule has 0 aliphatic rings. The molecular formula is C7H14N2O2. The topological polar surface area (TPSA) is 43.2 Å². The number of rotatable bonds is 4. The van der Waals surface area contributed by atoms with Gasteiger partial charge in [-0.1, -0.05) is 10.3 Å². The van der Waals surface area contributed by atoms with Crippen molar-refractivity contribution in [2.24, 2.45) is 10.3 Å². The molecule has 0 saturated heterocycles. The fourth-order valence-corrected chi connectivity index (χ4v) is 0.430. The van der Waals surface area contributed by atoms with Crippen LogP contribution in [-0.2, 0) is 9.68 Å². The van der Waals surface area contributed by atoms with Crippen LogP contribution in [0.4, 0.5) is 0 Å². The molecule has 0 spiro atoms. The number of hydrogen-bond acceptors (Lipinski definition) is 4. The lowest BCUT2D eigenvalue weighted by molar-refractivity contribution is 0.159. The van der Waals surface area contributed by atoms with Crippen LogP contribution in [0.1, 0.15) is 20.8 Å². The van der Waals surface area contributed by atoms with Gasteiger partial charge in [0.25, 0.3) is 0 Å². The van der Waals surface area contributed by atoms with E-state index in [9.17, 15) is 0 Å². The molecule has 64 valence electrons. The summed E-state index contributed by atoms with van der Waals surface area (Å²) in [7, 11) is 1.50. The van der Waals surface area contributed by atoms with Crippen LogP contribution in [-0.4, -0.2) is 25.1 Å². The van der Waals surface area contributed by atoms with Gasteiger partial charge in [0.05, 0.1) is 0 Å². The van der Waals surface area contributed by atoms with Crippen molar-refractivity contribution in [1.82, 2.24) is 0 Å². The predicted octanol–water partition coefficient (Wildman–Crippen LogP) is 1.42. The molecule has 0 heterocycles. The molecule has 0 amide bonds. The molecule has 0 aromatic rings. The van der Waals surface area contributed by atoms with Gasteiger partial charge in [-0.25, -0.2) is 0 Å². The fourth-order valence-electron chi connectivity index (χ4n) is 0.430. The number of oxime groups is 2. The molecular weight excluding hydrogens is 144 g/mol. The summed E-state index contributed by atoms with van der Waals surface area (Å²) in [6.07, 6.45) is 0. The van der Waals surface area contributed by atoms with Crippen LogP contribution in [0.5, 0.6) is 0 Å². The predicted molar refractivity (Wildman–Crippen MR) is 44.9 cm³/mol. The standard InChI is InChI=1S/C7H14N2O2/c1-5-11-9-7(3)6(2)8-10-4/h5H2,1-4H3. The first-order chi connectivity index (χ1) is 5.22. The summed E-state index contributed by atoms with van der Waals surface area (Å²) in [6, 6.07) is 0. The average Bonchev–Trinajstić information content (AvgIpc) is 2.00. The fraction of sp³-hybridized carbons (Fsp3) is 0.714. The second-order valence-electron chi connectivity index (χ2n) is 1.95. The van der Waals surface area contributed by atoms with E-state index in [4.69, 9.17) is 4.84 Å². The second-order valence-corrected chi connectivity index (χ2v) is 1.95. The molecule has 0 rings (SSSR count). The molecule has 0 saturated carbocycles. The SMILES string of the molecule is CCON=C(C)C(C)=NOC. The summed E-state index contributed by atoms with van der Waals surface area (Å²) < 4.78 is 0. The first-order valence-corrected chi connectivity index (χ1v) is 3.47. The Bertz CT molecular complexity index is 164. The van der Waals surface area contributed by atoms with Crippen molar-refractivity contribution in [3.8, 4) is 0 Å². The zero-order valence-electron chi connectivity index (χ0n) is 7.42. The van der Waals surface area contributed by atoms with E-state index < -0.39 is 0 Å². The highest BCUT2D eigenvalue weighted by Gasteiger charge is 1.96. The van der Waals surface area contributed by atoms with Crippen LogP contribution >= 0.6 is 0 Å². The van der Waals surface area contributed by atoms with Crippen molar-refractivity contribution in [1.29, 1.82) is 0 Å². The van der Waals surface area contributed by atoms with Crippen molar-refractivity contribution in [2.75, 3.05) is 13.7 Å². The van der Waals surface area contributed by atoms with Gasteiger partial charge in [0.1, 0.15) is 25.1 Å². The van der Waals surface area contributed by atoms with E-state index in [-0.39, 0.29) is 0 Å². The molecule has 0 fully saturated rings. The maximum absolute atomic E-state index is 4.81. The van der Waals surface area contributed by atoms with Crippen LogP contribution < -0.4 is 0 Å². The summed E-state index contributed by atoms with van der Waals surface area (Å²) in [4.78, 5) is 9.37. The molecule has 0 aliphatic heterocycles. The molecule has 0 radical (unpaired) electrons. The van der Waals surface area contributed by atoms with Crippen molar-refractivity contribution >= 4 is 11.4 Å². The lowest BCUT2D eigenvalue weighted by atomic mass is 10.3. The Balaban J connectivity index is 4.00. The maximum atomic E-state index is 4.81. The van der Waals surface area contributed by atoms with Crippen LogP contribution in [0.15, 0.2) is 10.3 Å². The van der Waals surface area contributed by atoms with Gasteiger partial charge in [0.2, 0.25) is 0 Å². The van der Waals surface area contributed by atoms with Gasteiger partial charge in [-0.3, -0.25) is 0 Å². The minimum atomic E-state index is 0.567. The van der Waals surface area contributed by atoms with Gasteiger partial charge in [-0.15, -0.1) is 0 Å². The quantitative estimate of drug-likeness (QED) is 0.458. The molecule has 4 heteroatoms. The third-order valence-corrected chi connectivity index (χ3v) is 1.08. The molecule has 0 aliphatic carbocycles. The number of hydrogen-bond donors (Lipinski definition) is 0. The number of nitrogens with zero attached hydrogens (tertiary/aromatic N) is 2. The summed E-state index contributed by atoms with van der Waals surface area (Å²) >= 11 is 0. The zero-order chi connectivity index (χ0) is 8.69. The Morgan fingerprint density at radius 3 is 2.18 bits per heavy atom. The molecule has 0 atom stereocenters. The van der Waals surface area contributed by atoms with E-state index in [1.807, 2.05) is 13.8 Å². The van der Waals surface area contributed by atoms with E-state index in [1.54, 1.807) is 6.92 Å². The molecule has 11 heavy (non-hydrogen) atoms. The monoisotopic (exact) mass is 158 g/mol. The maximum Gasteiger partial charge on any atom is 0.114 e. The first kappa shape index (κ1) is 9.94. The Hall–Kier alpha value is -1.06. The molecule has 0 unspecified atom stereocenters. The third-order valence-electron chi connectivity index (χ3n) is 1.08. The van der Waals surface area contributed by atoms with Gasteiger partial charge >= 0.3 is 0 Å². The van der Waals surface area contributed by atoms with E-state index in [2.05, 4.69) is 15.1 Å². The van der Waals surface area contributed by atoms with Gasteiger partial charge in [-0.05, 0) is 20.8 Å². The summed E-state index contributed by atoms with van der Waals surface area (Å²) in [5.41, 5.74) is 1.45. The molecule has 4 nitrogen and oxygen atoms in total. The van der Waals surface area contributed by atoms with E-state index >= 15 is 0 Å². The van der Waals surface area contributed by atoms with Crippen molar-refractivity contribution in [3.63, 3.8) is 0 Å². The zero-order valence-corrected chi connectivity index (χ0v) is 7.42. The van der Waals surface area contributed by atoms with E-state index in [1.165, 1.54) is 7.11 Å². The normalized spacial score (nSPS) is 13.1. The van der Waals surface area contributed by atoms with E-state index in [0.29, 0.717) is 6.61 Å². The minimum Gasteiger partial charge on any atom is -0.399 e. The average molecular weight is 158 g/mol. The Kier molecular flexibility index (Phi) is 5.15. The van der Waals surface area contributed by atoms with Gasteiger partial charge in [0, 0.05) is 0 Å². The highest BCUT2D eigenvalue weighted by molar-refractivity contribution is 6.40. The molecule has 0 bridgehead atoms. The van der Waals surface area contributed by atoms with Gasteiger partial charge < -0.3 is 9.68 Å². The van der Waals surface area contributed by atoms with Gasteiger partial charge in [0.15, 0.2) is 0 Å². The Morgan fingerprint density at radius 2 is 1.73 bits per heavy atom. The lowest BCUT2D eigenvalue weighted by Gasteiger charge is -1.97. The lowest BCUT2D eigenvalue weighted by Crippen LogP contribution is -2.06. The van der Waals surface area contributed by atoms with Crippen molar-refractivity contribution < 1.29 is 9.68 Å². The largest absolute Gasteiger partial charge is 0.399 e.